The molecule has 3 aromatic rings. The average molecular weight is 472 g/mol. The van der Waals surface area contributed by atoms with Crippen molar-refractivity contribution in [2.24, 2.45) is 0 Å². The third-order valence-corrected chi connectivity index (χ3v) is 6.23. The molecular formula is C25H26ClNO4S. The highest BCUT2D eigenvalue weighted by Gasteiger charge is 2.25. The molecule has 0 radical (unpaired) electrons. The van der Waals surface area contributed by atoms with E-state index in [1.165, 1.54) is 24.0 Å². The zero-order valence-electron chi connectivity index (χ0n) is 18.6. The van der Waals surface area contributed by atoms with Crippen molar-refractivity contribution in [1.29, 1.82) is 0 Å². The number of hydrogen-bond donors (Lipinski definition) is 1. The second-order valence-corrected chi connectivity index (χ2v) is 9.17. The van der Waals surface area contributed by atoms with Gasteiger partial charge in [0.15, 0.2) is 0 Å². The minimum absolute atomic E-state index is 0.182. The van der Waals surface area contributed by atoms with Gasteiger partial charge in [-0.15, -0.1) is 11.3 Å². The molecule has 0 aliphatic rings. The molecule has 1 heterocycles. The first-order chi connectivity index (χ1) is 15.3. The first-order valence-electron chi connectivity index (χ1n) is 10.3. The Kier molecular flexibility index (Phi) is 7.94. The fraction of sp³-hybridized carbons (Fsp3) is 0.280. The van der Waals surface area contributed by atoms with Crippen LogP contribution in [0.4, 0.5) is 5.00 Å². The van der Waals surface area contributed by atoms with E-state index in [9.17, 15) is 9.59 Å². The Hall–Kier alpha value is -2.83. The number of halogens is 1. The zero-order chi connectivity index (χ0) is 23.3. The predicted molar refractivity (Wildman–Crippen MR) is 130 cm³/mol. The number of amides is 1. The van der Waals surface area contributed by atoms with Crippen LogP contribution in [0.5, 0.6) is 5.75 Å². The lowest BCUT2D eigenvalue weighted by Crippen LogP contribution is -2.15. The topological polar surface area (TPSA) is 64.6 Å². The molecule has 2 aromatic carbocycles. The number of thiophene rings is 1. The van der Waals surface area contributed by atoms with Crippen LogP contribution in [0.1, 0.15) is 39.2 Å². The first kappa shape index (κ1) is 23.8. The molecule has 0 saturated carbocycles. The number of esters is 1. The van der Waals surface area contributed by atoms with Crippen molar-refractivity contribution in [3.05, 3.63) is 69.1 Å². The number of nitrogens with one attached hydrogen (secondary N) is 1. The number of hydrogen-bond acceptors (Lipinski definition) is 5. The molecule has 1 aromatic heterocycles. The van der Waals surface area contributed by atoms with Gasteiger partial charge in [-0.05, 0) is 56.5 Å². The van der Waals surface area contributed by atoms with Gasteiger partial charge >= 0.3 is 5.97 Å². The number of benzene rings is 2. The molecule has 0 aliphatic heterocycles. The highest BCUT2D eigenvalue weighted by atomic mass is 35.5. The van der Waals surface area contributed by atoms with Crippen molar-refractivity contribution in [3.8, 4) is 16.9 Å². The van der Waals surface area contributed by atoms with Gasteiger partial charge in [-0.25, -0.2) is 4.79 Å². The molecule has 7 heteroatoms. The third kappa shape index (κ3) is 5.69. The second kappa shape index (κ2) is 10.7. The fourth-order valence-electron chi connectivity index (χ4n) is 3.49. The Morgan fingerprint density at radius 3 is 2.56 bits per heavy atom. The number of methoxy groups -OCH3 is 1. The van der Waals surface area contributed by atoms with Gasteiger partial charge in [-0.1, -0.05) is 41.4 Å². The lowest BCUT2D eigenvalue weighted by Gasteiger charge is -2.10. The van der Waals surface area contributed by atoms with Crippen LogP contribution < -0.4 is 10.1 Å². The Balaban J connectivity index is 1.69. The van der Waals surface area contributed by atoms with E-state index in [-0.39, 0.29) is 12.3 Å². The van der Waals surface area contributed by atoms with Crippen molar-refractivity contribution in [1.82, 2.24) is 0 Å². The largest absolute Gasteiger partial charge is 0.493 e. The van der Waals surface area contributed by atoms with E-state index in [2.05, 4.69) is 11.4 Å². The summed E-state index contributed by atoms with van der Waals surface area (Å²) in [5, 5.41) is 3.92. The minimum Gasteiger partial charge on any atom is -0.493 e. The van der Waals surface area contributed by atoms with Crippen LogP contribution >= 0.6 is 22.9 Å². The maximum absolute atomic E-state index is 12.6. The summed E-state index contributed by atoms with van der Waals surface area (Å²) in [6, 6.07) is 13.3. The van der Waals surface area contributed by atoms with Crippen LogP contribution in [-0.2, 0) is 9.53 Å². The molecule has 0 bridgehead atoms. The van der Waals surface area contributed by atoms with Gasteiger partial charge < -0.3 is 14.8 Å². The SMILES string of the molecule is COC(=O)c1c(NC(=O)CCCOc2ccc(C)cc2C)sc(C)c1-c1cccc(Cl)c1. The van der Waals surface area contributed by atoms with E-state index >= 15 is 0 Å². The highest BCUT2D eigenvalue weighted by Crippen LogP contribution is 2.41. The summed E-state index contributed by atoms with van der Waals surface area (Å²) >= 11 is 7.49. The lowest BCUT2D eigenvalue weighted by atomic mass is 10.0. The Labute approximate surface area is 197 Å². The van der Waals surface area contributed by atoms with E-state index < -0.39 is 5.97 Å². The molecule has 1 N–H and O–H groups in total. The highest BCUT2D eigenvalue weighted by molar-refractivity contribution is 7.17. The number of aryl methyl sites for hydroxylation is 3. The molecule has 0 aliphatic carbocycles. The molecule has 0 unspecified atom stereocenters. The normalized spacial score (nSPS) is 10.7. The van der Waals surface area contributed by atoms with Crippen molar-refractivity contribution in [3.63, 3.8) is 0 Å². The van der Waals surface area contributed by atoms with Crippen LogP contribution in [0.3, 0.4) is 0 Å². The Bertz CT molecular complexity index is 1140. The van der Waals surface area contributed by atoms with E-state index in [0.717, 1.165) is 27.3 Å². The molecule has 5 nitrogen and oxygen atoms in total. The van der Waals surface area contributed by atoms with E-state index in [1.807, 2.05) is 45.0 Å². The zero-order valence-corrected chi connectivity index (χ0v) is 20.2. The van der Waals surface area contributed by atoms with Gasteiger partial charge in [-0.2, -0.15) is 0 Å². The molecule has 3 rings (SSSR count). The minimum atomic E-state index is -0.502. The predicted octanol–water partition coefficient (Wildman–Crippen LogP) is 6.58. The van der Waals surface area contributed by atoms with Crippen LogP contribution in [-0.4, -0.2) is 25.6 Å². The number of anilines is 1. The van der Waals surface area contributed by atoms with Crippen molar-refractivity contribution >= 4 is 39.8 Å². The van der Waals surface area contributed by atoms with Crippen LogP contribution in [0, 0.1) is 20.8 Å². The molecule has 0 atom stereocenters. The molecule has 168 valence electrons. The van der Waals surface area contributed by atoms with E-state index in [0.29, 0.717) is 28.6 Å². The summed E-state index contributed by atoms with van der Waals surface area (Å²) < 4.78 is 10.8. The quantitative estimate of drug-likeness (QED) is 0.297. The summed E-state index contributed by atoms with van der Waals surface area (Å²) in [6.45, 7) is 6.37. The standard InChI is InChI=1S/C25H26ClNO4S/c1-15-10-11-20(16(2)13-15)31-12-6-9-21(28)27-24-23(25(29)30-4)22(17(3)32-24)18-7-5-8-19(26)14-18/h5,7-8,10-11,13-14H,6,9,12H2,1-4H3,(H,27,28). The van der Waals surface area contributed by atoms with Gasteiger partial charge in [0.2, 0.25) is 5.91 Å². The summed E-state index contributed by atoms with van der Waals surface area (Å²) in [5.41, 5.74) is 4.11. The third-order valence-electron chi connectivity index (χ3n) is 4.98. The molecule has 1 amide bonds. The van der Waals surface area contributed by atoms with Gasteiger partial charge in [0, 0.05) is 21.9 Å². The van der Waals surface area contributed by atoms with E-state index in [4.69, 9.17) is 21.1 Å². The van der Waals surface area contributed by atoms with Gasteiger partial charge in [-0.3, -0.25) is 4.79 Å². The number of carbonyl (C=O) groups excluding carboxylic acids is 2. The average Bonchev–Trinajstić information content (AvgIpc) is 3.07. The van der Waals surface area contributed by atoms with Gasteiger partial charge in [0.1, 0.15) is 16.3 Å². The number of ether oxygens (including phenoxy) is 2. The monoisotopic (exact) mass is 471 g/mol. The van der Waals surface area contributed by atoms with Crippen molar-refractivity contribution in [2.75, 3.05) is 19.0 Å². The summed E-state index contributed by atoms with van der Waals surface area (Å²) in [7, 11) is 1.33. The first-order valence-corrected chi connectivity index (χ1v) is 11.5. The molecule has 0 fully saturated rings. The van der Waals surface area contributed by atoms with Crippen molar-refractivity contribution in [2.45, 2.75) is 33.6 Å². The van der Waals surface area contributed by atoms with Crippen LogP contribution in [0.15, 0.2) is 42.5 Å². The maximum atomic E-state index is 12.6. The summed E-state index contributed by atoms with van der Waals surface area (Å²) in [4.78, 5) is 26.0. The molecule has 32 heavy (non-hydrogen) atoms. The second-order valence-electron chi connectivity index (χ2n) is 7.51. The number of rotatable bonds is 8. The van der Waals surface area contributed by atoms with E-state index in [1.54, 1.807) is 12.1 Å². The Morgan fingerprint density at radius 1 is 1.09 bits per heavy atom. The van der Waals surface area contributed by atoms with Gasteiger partial charge in [0.25, 0.3) is 0 Å². The summed E-state index contributed by atoms with van der Waals surface area (Å²) in [6.07, 6.45) is 0.827. The Morgan fingerprint density at radius 2 is 1.88 bits per heavy atom. The summed E-state index contributed by atoms with van der Waals surface area (Å²) in [5.74, 6) is 0.139. The molecule has 0 spiro atoms. The molecule has 0 saturated heterocycles. The van der Waals surface area contributed by atoms with Gasteiger partial charge in [0.05, 0.1) is 13.7 Å². The smallest absolute Gasteiger partial charge is 0.341 e. The maximum Gasteiger partial charge on any atom is 0.341 e. The number of carbonyl (C=O) groups is 2. The van der Waals surface area contributed by atoms with Crippen LogP contribution in [0.2, 0.25) is 5.02 Å². The van der Waals surface area contributed by atoms with Crippen molar-refractivity contribution < 1.29 is 19.1 Å². The fourth-order valence-corrected chi connectivity index (χ4v) is 4.76. The lowest BCUT2D eigenvalue weighted by molar-refractivity contribution is -0.116. The molecular weight excluding hydrogens is 446 g/mol. The van der Waals surface area contributed by atoms with Crippen LogP contribution in [0.25, 0.3) is 11.1 Å².